The molecule has 2 aliphatic rings. The molecule has 144 valence electrons. The summed E-state index contributed by atoms with van der Waals surface area (Å²) in [7, 11) is 1.86. The molecule has 4 heterocycles. The Balaban J connectivity index is 1.34. The zero-order chi connectivity index (χ0) is 19.3. The zero-order valence-electron chi connectivity index (χ0n) is 15.8. The summed E-state index contributed by atoms with van der Waals surface area (Å²) in [5.74, 6) is 0.117. The first-order valence-corrected chi connectivity index (χ1v) is 9.67. The van der Waals surface area contributed by atoms with Crippen molar-refractivity contribution < 1.29 is 9.59 Å². The second-order valence-corrected chi connectivity index (χ2v) is 7.51. The fourth-order valence-electron chi connectivity index (χ4n) is 4.25. The van der Waals surface area contributed by atoms with Gasteiger partial charge in [0.15, 0.2) is 5.69 Å². The van der Waals surface area contributed by atoms with Gasteiger partial charge in [-0.15, -0.1) is 0 Å². The van der Waals surface area contributed by atoms with Crippen LogP contribution in [0.1, 0.15) is 35.8 Å². The van der Waals surface area contributed by atoms with E-state index in [-0.39, 0.29) is 17.9 Å². The molecule has 28 heavy (non-hydrogen) atoms. The van der Waals surface area contributed by atoms with Crippen molar-refractivity contribution in [3.8, 4) is 0 Å². The first-order chi connectivity index (χ1) is 13.6. The second kappa shape index (κ2) is 6.47. The van der Waals surface area contributed by atoms with Gasteiger partial charge in [0, 0.05) is 44.7 Å². The van der Waals surface area contributed by atoms with Crippen LogP contribution in [0.2, 0.25) is 0 Å². The molecular formula is C20H22N6O2. The van der Waals surface area contributed by atoms with E-state index < -0.39 is 0 Å². The molecule has 0 aliphatic carbocycles. The summed E-state index contributed by atoms with van der Waals surface area (Å²) in [6, 6.07) is 7.90. The molecule has 1 atom stereocenters. The van der Waals surface area contributed by atoms with E-state index in [4.69, 9.17) is 0 Å². The third-order valence-electron chi connectivity index (χ3n) is 5.76. The number of carbonyl (C=O) groups excluding carboxylic acids is 2. The first kappa shape index (κ1) is 17.0. The second-order valence-electron chi connectivity index (χ2n) is 7.51. The number of carbonyl (C=O) groups is 2. The van der Waals surface area contributed by atoms with E-state index in [9.17, 15) is 9.59 Å². The molecule has 5 rings (SSSR count). The van der Waals surface area contributed by atoms with Gasteiger partial charge in [-0.2, -0.15) is 10.2 Å². The number of aryl methyl sites for hydroxylation is 1. The molecule has 2 aliphatic heterocycles. The summed E-state index contributed by atoms with van der Waals surface area (Å²) in [5.41, 5.74) is 2.30. The highest BCUT2D eigenvalue weighted by Crippen LogP contribution is 2.27. The smallest absolute Gasteiger partial charge is 0.275 e. The molecule has 0 radical (unpaired) electrons. The van der Waals surface area contributed by atoms with Crippen LogP contribution < -0.4 is 4.90 Å². The maximum Gasteiger partial charge on any atom is 0.275 e. The van der Waals surface area contributed by atoms with Crippen molar-refractivity contribution in [2.24, 2.45) is 7.05 Å². The molecule has 8 nitrogen and oxygen atoms in total. The van der Waals surface area contributed by atoms with Crippen LogP contribution >= 0.6 is 0 Å². The van der Waals surface area contributed by atoms with Crippen molar-refractivity contribution in [3.05, 3.63) is 42.4 Å². The van der Waals surface area contributed by atoms with Crippen LogP contribution in [0.5, 0.6) is 0 Å². The molecule has 2 amide bonds. The van der Waals surface area contributed by atoms with Crippen molar-refractivity contribution in [2.75, 3.05) is 24.5 Å². The van der Waals surface area contributed by atoms with Gasteiger partial charge >= 0.3 is 0 Å². The number of amides is 2. The molecule has 2 fully saturated rings. The van der Waals surface area contributed by atoms with Gasteiger partial charge in [-0.1, -0.05) is 18.2 Å². The molecule has 2 aromatic heterocycles. The summed E-state index contributed by atoms with van der Waals surface area (Å²) in [6.07, 6.45) is 6.02. The monoisotopic (exact) mass is 378 g/mol. The summed E-state index contributed by atoms with van der Waals surface area (Å²) in [5, 5.41) is 9.80. The van der Waals surface area contributed by atoms with Gasteiger partial charge in [-0.25, -0.2) is 0 Å². The van der Waals surface area contributed by atoms with Crippen molar-refractivity contribution >= 4 is 28.4 Å². The third-order valence-corrected chi connectivity index (χ3v) is 5.76. The number of anilines is 1. The molecular weight excluding hydrogens is 356 g/mol. The van der Waals surface area contributed by atoms with Crippen LogP contribution in [-0.2, 0) is 11.8 Å². The number of benzene rings is 1. The Kier molecular flexibility index (Phi) is 3.92. The van der Waals surface area contributed by atoms with Gasteiger partial charge in [0.1, 0.15) is 0 Å². The number of hydrogen-bond acceptors (Lipinski definition) is 4. The lowest BCUT2D eigenvalue weighted by Gasteiger charge is -2.16. The minimum atomic E-state index is -0.0404. The quantitative estimate of drug-likeness (QED) is 0.698. The molecule has 3 aromatic rings. The molecule has 0 N–H and O–H groups in total. The SMILES string of the molecule is Cn1nc(C(=O)N2CCC(n3cc(N4CCCC4=O)cn3)C2)c2ccccc21. The summed E-state index contributed by atoms with van der Waals surface area (Å²) in [6.45, 7) is 2.03. The summed E-state index contributed by atoms with van der Waals surface area (Å²) in [4.78, 5) is 28.7. The highest BCUT2D eigenvalue weighted by Gasteiger charge is 2.31. The molecule has 8 heteroatoms. The average molecular weight is 378 g/mol. The van der Waals surface area contributed by atoms with Gasteiger partial charge < -0.3 is 9.80 Å². The predicted octanol–water partition coefficient (Wildman–Crippen LogP) is 1.98. The van der Waals surface area contributed by atoms with Gasteiger partial charge in [-0.3, -0.25) is 19.0 Å². The van der Waals surface area contributed by atoms with E-state index in [1.54, 1.807) is 15.8 Å². The van der Waals surface area contributed by atoms with Gasteiger partial charge in [-0.05, 0) is 18.9 Å². The lowest BCUT2D eigenvalue weighted by Crippen LogP contribution is -2.29. The van der Waals surface area contributed by atoms with Crippen molar-refractivity contribution in [3.63, 3.8) is 0 Å². The van der Waals surface area contributed by atoms with E-state index in [2.05, 4.69) is 10.2 Å². The average Bonchev–Trinajstić information content (AvgIpc) is 3.47. The number of hydrogen-bond donors (Lipinski definition) is 0. The Morgan fingerprint density at radius 3 is 2.89 bits per heavy atom. The van der Waals surface area contributed by atoms with Crippen molar-refractivity contribution in [1.29, 1.82) is 0 Å². The normalized spacial score (nSPS) is 19.9. The minimum absolute atomic E-state index is 0.0404. The fraction of sp³-hybridized carbons (Fsp3) is 0.400. The van der Waals surface area contributed by atoms with Crippen LogP contribution in [0.4, 0.5) is 5.69 Å². The molecule has 0 spiro atoms. The summed E-state index contributed by atoms with van der Waals surface area (Å²) >= 11 is 0. The Labute approximate surface area is 162 Å². The first-order valence-electron chi connectivity index (χ1n) is 9.67. The fourth-order valence-corrected chi connectivity index (χ4v) is 4.25. The zero-order valence-corrected chi connectivity index (χ0v) is 15.8. The molecule has 2 saturated heterocycles. The van der Waals surface area contributed by atoms with Crippen LogP contribution in [-0.4, -0.2) is 55.9 Å². The highest BCUT2D eigenvalue weighted by molar-refractivity contribution is 6.05. The van der Waals surface area contributed by atoms with Crippen LogP contribution in [0.15, 0.2) is 36.7 Å². The highest BCUT2D eigenvalue weighted by atomic mass is 16.2. The largest absolute Gasteiger partial charge is 0.335 e. The Morgan fingerprint density at radius 1 is 1.21 bits per heavy atom. The number of likely N-dealkylation sites (tertiary alicyclic amines) is 1. The lowest BCUT2D eigenvalue weighted by molar-refractivity contribution is -0.117. The molecule has 0 bridgehead atoms. The van der Waals surface area contributed by atoms with Crippen molar-refractivity contribution in [1.82, 2.24) is 24.5 Å². The Morgan fingerprint density at radius 2 is 2.07 bits per heavy atom. The van der Waals surface area contributed by atoms with E-state index in [0.717, 1.165) is 36.0 Å². The minimum Gasteiger partial charge on any atom is -0.335 e. The standard InChI is InChI=1S/C20H22N6O2/c1-23-17-6-3-2-5-16(17)19(22-23)20(28)24-10-8-14(12-24)26-13-15(11-21-26)25-9-4-7-18(25)27/h2-3,5-6,11,13-14H,4,7-10,12H2,1H3. The number of nitrogens with zero attached hydrogens (tertiary/aromatic N) is 6. The number of fused-ring (bicyclic) bond motifs is 1. The van der Waals surface area contributed by atoms with Gasteiger partial charge in [0.2, 0.25) is 5.91 Å². The van der Waals surface area contributed by atoms with E-state index >= 15 is 0 Å². The number of aromatic nitrogens is 4. The molecule has 1 unspecified atom stereocenters. The maximum atomic E-state index is 13.1. The lowest BCUT2D eigenvalue weighted by atomic mass is 10.2. The topological polar surface area (TPSA) is 76.3 Å². The van der Waals surface area contributed by atoms with E-state index in [1.807, 2.05) is 47.1 Å². The summed E-state index contributed by atoms with van der Waals surface area (Å²) < 4.78 is 3.65. The van der Waals surface area contributed by atoms with Gasteiger partial charge in [0.05, 0.1) is 23.4 Å². The molecule has 1 aromatic carbocycles. The van der Waals surface area contributed by atoms with Crippen LogP contribution in [0, 0.1) is 0 Å². The Hall–Kier alpha value is -3.16. The van der Waals surface area contributed by atoms with Crippen LogP contribution in [0.25, 0.3) is 10.9 Å². The number of rotatable bonds is 3. The third kappa shape index (κ3) is 2.67. The predicted molar refractivity (Wildman–Crippen MR) is 104 cm³/mol. The maximum absolute atomic E-state index is 13.1. The van der Waals surface area contributed by atoms with Crippen LogP contribution in [0.3, 0.4) is 0 Å². The number of para-hydroxylation sites is 1. The van der Waals surface area contributed by atoms with Crippen molar-refractivity contribution in [2.45, 2.75) is 25.3 Å². The van der Waals surface area contributed by atoms with Gasteiger partial charge in [0.25, 0.3) is 5.91 Å². The Bertz CT molecular complexity index is 1070. The molecule has 0 saturated carbocycles. The van der Waals surface area contributed by atoms with E-state index in [1.165, 1.54) is 0 Å². The van der Waals surface area contributed by atoms with E-state index in [0.29, 0.717) is 25.2 Å².